The van der Waals surface area contributed by atoms with Crippen LogP contribution in [0.2, 0.25) is 0 Å². The number of alkyl halides is 3. The maximum Gasteiger partial charge on any atom is 0.434 e. The zero-order valence-corrected chi connectivity index (χ0v) is 11.4. The van der Waals surface area contributed by atoms with Crippen LogP contribution in [0.5, 0.6) is 0 Å². The number of aliphatic hydroxyl groups is 2. The lowest BCUT2D eigenvalue weighted by Crippen LogP contribution is -2.62. The minimum atomic E-state index is -4.58. The fourth-order valence-corrected chi connectivity index (χ4v) is 2.60. The summed E-state index contributed by atoms with van der Waals surface area (Å²) in [5, 5.41) is 22.7. The van der Waals surface area contributed by atoms with Gasteiger partial charge in [-0.15, -0.1) is 0 Å². The van der Waals surface area contributed by atoms with Crippen LogP contribution in [0.3, 0.4) is 0 Å². The van der Waals surface area contributed by atoms with Gasteiger partial charge in [0.1, 0.15) is 30.2 Å². The number of nitrogens with one attached hydrogen (secondary N) is 1. The van der Waals surface area contributed by atoms with Gasteiger partial charge in [-0.1, -0.05) is 0 Å². The van der Waals surface area contributed by atoms with E-state index in [0.29, 0.717) is 6.20 Å². The van der Waals surface area contributed by atoms with Crippen molar-refractivity contribution in [3.8, 4) is 0 Å². The van der Waals surface area contributed by atoms with Crippen LogP contribution < -0.4 is 5.32 Å². The minimum absolute atomic E-state index is 0.00280. The molecule has 0 saturated carbocycles. The molecule has 2 fully saturated rings. The highest BCUT2D eigenvalue weighted by molar-refractivity contribution is 5.35. The summed E-state index contributed by atoms with van der Waals surface area (Å²) >= 11 is 0. The molecule has 0 aromatic carbocycles. The van der Waals surface area contributed by atoms with Crippen LogP contribution in [0.4, 0.5) is 19.0 Å². The molecule has 22 heavy (non-hydrogen) atoms. The molecule has 122 valence electrons. The molecule has 3 heterocycles. The Morgan fingerprint density at radius 2 is 2.00 bits per heavy atom. The number of hydrogen-bond acceptors (Lipinski definition) is 7. The smallest absolute Gasteiger partial charge is 0.388 e. The largest absolute Gasteiger partial charge is 0.434 e. The topological polar surface area (TPSA) is 96.7 Å². The zero-order valence-electron chi connectivity index (χ0n) is 11.4. The van der Waals surface area contributed by atoms with Crippen molar-refractivity contribution < 1.29 is 32.9 Å². The van der Waals surface area contributed by atoms with Gasteiger partial charge in [-0.05, 0) is 6.92 Å². The normalized spacial score (nSPS) is 38.1. The second-order valence-corrected chi connectivity index (χ2v) is 5.37. The first-order chi connectivity index (χ1) is 10.2. The SMILES string of the molecule is C[C@]12OC[C@H](O1)[C@H](O)[C@H](O)[C@H]2Nc1cnc(C(F)(F)F)cn1. The molecule has 3 N–H and O–H groups in total. The Morgan fingerprint density at radius 3 is 2.59 bits per heavy atom. The predicted molar refractivity (Wildman–Crippen MR) is 65.7 cm³/mol. The van der Waals surface area contributed by atoms with Crippen molar-refractivity contribution in [3.63, 3.8) is 0 Å². The molecule has 7 nitrogen and oxygen atoms in total. The fourth-order valence-electron chi connectivity index (χ4n) is 2.60. The molecule has 0 aliphatic carbocycles. The predicted octanol–water partition coefficient (Wildman–Crippen LogP) is 0.143. The number of aliphatic hydroxyl groups excluding tert-OH is 2. The van der Waals surface area contributed by atoms with Gasteiger partial charge >= 0.3 is 6.18 Å². The third-order valence-electron chi connectivity index (χ3n) is 3.80. The molecule has 1 aromatic rings. The summed E-state index contributed by atoms with van der Waals surface area (Å²) in [6.07, 6.45) is -6.15. The van der Waals surface area contributed by atoms with Crippen LogP contribution in [0.1, 0.15) is 12.6 Å². The van der Waals surface area contributed by atoms with Crippen molar-refractivity contribution in [2.75, 3.05) is 11.9 Å². The maximum atomic E-state index is 12.4. The van der Waals surface area contributed by atoms with E-state index >= 15 is 0 Å². The van der Waals surface area contributed by atoms with Crippen molar-refractivity contribution in [3.05, 3.63) is 18.1 Å². The second kappa shape index (κ2) is 5.01. The standard InChI is InChI=1S/C12H14F3N3O4/c1-11-10(9(20)8(19)5(22-11)4-21-11)18-7-3-16-6(2-17-7)12(13,14)15/h2-3,5,8-10,19-20H,4H2,1H3,(H,17,18)/t5-,8-,9-,10+,11-/m0/s1. The molecule has 2 bridgehead atoms. The molecule has 2 aliphatic rings. The monoisotopic (exact) mass is 321 g/mol. The van der Waals surface area contributed by atoms with E-state index in [1.54, 1.807) is 6.92 Å². The van der Waals surface area contributed by atoms with Crippen molar-refractivity contribution in [2.45, 2.75) is 43.2 Å². The average molecular weight is 321 g/mol. The first-order valence-electron chi connectivity index (χ1n) is 6.54. The maximum absolute atomic E-state index is 12.4. The van der Waals surface area contributed by atoms with Gasteiger partial charge in [0.2, 0.25) is 0 Å². The summed E-state index contributed by atoms with van der Waals surface area (Å²) in [6, 6.07) is -0.910. The van der Waals surface area contributed by atoms with Crippen molar-refractivity contribution >= 4 is 5.82 Å². The van der Waals surface area contributed by atoms with Crippen LogP contribution in [0.15, 0.2) is 12.4 Å². The summed E-state index contributed by atoms with van der Waals surface area (Å²) in [5.41, 5.74) is -1.12. The van der Waals surface area contributed by atoms with E-state index < -0.39 is 42.0 Å². The van der Waals surface area contributed by atoms with Crippen LogP contribution in [-0.4, -0.2) is 56.9 Å². The third kappa shape index (κ3) is 2.51. The van der Waals surface area contributed by atoms with Gasteiger partial charge < -0.3 is 25.0 Å². The molecule has 1 aromatic heterocycles. The van der Waals surface area contributed by atoms with E-state index in [-0.39, 0.29) is 12.4 Å². The van der Waals surface area contributed by atoms with E-state index in [9.17, 15) is 23.4 Å². The Balaban J connectivity index is 1.80. The summed E-state index contributed by atoms with van der Waals surface area (Å²) < 4.78 is 48.3. The molecular formula is C12H14F3N3O4. The van der Waals surface area contributed by atoms with Crippen molar-refractivity contribution in [1.82, 2.24) is 9.97 Å². The molecule has 3 rings (SSSR count). The third-order valence-corrected chi connectivity index (χ3v) is 3.80. The van der Waals surface area contributed by atoms with Crippen LogP contribution in [0, 0.1) is 0 Å². The average Bonchev–Trinajstić information content (AvgIpc) is 2.82. The van der Waals surface area contributed by atoms with E-state index in [0.717, 1.165) is 6.20 Å². The molecule has 10 heteroatoms. The number of hydrogen-bond donors (Lipinski definition) is 3. The van der Waals surface area contributed by atoms with Crippen molar-refractivity contribution in [1.29, 1.82) is 0 Å². The van der Waals surface area contributed by atoms with Gasteiger partial charge in [-0.25, -0.2) is 9.97 Å². The molecule has 2 aliphatic heterocycles. The van der Waals surface area contributed by atoms with E-state index in [4.69, 9.17) is 9.47 Å². The molecule has 2 saturated heterocycles. The molecule has 5 atom stereocenters. The zero-order chi connectivity index (χ0) is 16.1. The Kier molecular flexibility index (Phi) is 3.51. The van der Waals surface area contributed by atoms with Gasteiger partial charge in [0.15, 0.2) is 11.5 Å². The molecule has 0 unspecified atom stereocenters. The van der Waals surface area contributed by atoms with E-state index in [1.165, 1.54) is 0 Å². The first-order valence-corrected chi connectivity index (χ1v) is 6.54. The van der Waals surface area contributed by atoms with Crippen LogP contribution >= 0.6 is 0 Å². The van der Waals surface area contributed by atoms with Crippen molar-refractivity contribution in [2.24, 2.45) is 0 Å². The highest BCUT2D eigenvalue weighted by Crippen LogP contribution is 2.38. The molecule has 0 amide bonds. The minimum Gasteiger partial charge on any atom is -0.388 e. The second-order valence-electron chi connectivity index (χ2n) is 5.37. The van der Waals surface area contributed by atoms with Crippen LogP contribution in [0.25, 0.3) is 0 Å². The fraction of sp³-hybridized carbons (Fsp3) is 0.667. The van der Waals surface area contributed by atoms with Gasteiger partial charge in [-0.2, -0.15) is 13.2 Å². The number of anilines is 1. The van der Waals surface area contributed by atoms with Gasteiger partial charge in [0.05, 0.1) is 19.0 Å². The summed E-state index contributed by atoms with van der Waals surface area (Å²) in [5.74, 6) is -1.21. The number of aromatic nitrogens is 2. The van der Waals surface area contributed by atoms with E-state index in [2.05, 4.69) is 15.3 Å². The molecular weight excluding hydrogens is 307 g/mol. The Bertz CT molecular complexity index is 556. The number of fused-ring (bicyclic) bond motifs is 2. The quantitative estimate of drug-likeness (QED) is 0.713. The summed E-state index contributed by atoms with van der Waals surface area (Å²) in [4.78, 5) is 6.88. The van der Waals surface area contributed by atoms with Gasteiger partial charge in [-0.3, -0.25) is 0 Å². The highest BCUT2D eigenvalue weighted by atomic mass is 19.4. The lowest BCUT2D eigenvalue weighted by molar-refractivity contribution is -0.234. The van der Waals surface area contributed by atoms with Gasteiger partial charge in [0, 0.05) is 0 Å². The Morgan fingerprint density at radius 1 is 1.27 bits per heavy atom. The first kappa shape index (κ1) is 15.4. The highest BCUT2D eigenvalue weighted by Gasteiger charge is 2.57. The van der Waals surface area contributed by atoms with E-state index in [1.807, 2.05) is 0 Å². The lowest BCUT2D eigenvalue weighted by Gasteiger charge is -2.42. The molecule has 0 spiro atoms. The lowest BCUT2D eigenvalue weighted by atomic mass is 9.93. The Hall–Kier alpha value is -1.49. The number of ether oxygens (including phenoxy) is 2. The summed E-state index contributed by atoms with van der Waals surface area (Å²) in [6.45, 7) is 1.68. The molecule has 0 radical (unpaired) electrons. The number of halogens is 3. The van der Waals surface area contributed by atoms with Crippen LogP contribution in [-0.2, 0) is 15.7 Å². The summed E-state index contributed by atoms with van der Waals surface area (Å²) in [7, 11) is 0. The Labute approximate surface area is 123 Å². The number of rotatable bonds is 2. The van der Waals surface area contributed by atoms with Gasteiger partial charge in [0.25, 0.3) is 0 Å². The number of nitrogens with zero attached hydrogens (tertiary/aromatic N) is 2.